The Morgan fingerprint density at radius 3 is 1.71 bits per heavy atom. The summed E-state index contributed by atoms with van der Waals surface area (Å²) in [6.07, 6.45) is 8.08. The average Bonchev–Trinajstić information content (AvgIpc) is 3.78. The van der Waals surface area contributed by atoms with E-state index in [1.165, 1.54) is 98.2 Å². The van der Waals surface area contributed by atoms with Crippen LogP contribution >= 0.6 is 17.0 Å². The normalized spacial score (nSPS) is 13.1. The van der Waals surface area contributed by atoms with Gasteiger partial charge in [0.2, 0.25) is 0 Å². The average molecular weight is 811 g/mol. The van der Waals surface area contributed by atoms with Gasteiger partial charge in [0.15, 0.2) is 0 Å². The SMILES string of the molecule is CC(C)c1cc2c(-c3ccc(C(C)(C)C)cc3)cccc2[cH-]1.CCc1cc2c(-c3ccc(C4CCCCC4)cc3)cccc2[cH-]1.C[Si]C.[Cl][Zr+2][Cl]. The molecule has 1 fully saturated rings. The molecule has 0 unspecified atom stereocenters. The number of hydrogen-bond acceptors (Lipinski definition) is 0. The molecule has 0 nitrogen and oxygen atoms in total. The van der Waals surface area contributed by atoms with E-state index in [1.54, 1.807) is 0 Å². The van der Waals surface area contributed by atoms with Gasteiger partial charge in [0.25, 0.3) is 0 Å². The van der Waals surface area contributed by atoms with Gasteiger partial charge in [-0.15, -0.1) is 69.1 Å². The van der Waals surface area contributed by atoms with E-state index in [9.17, 15) is 0 Å². The van der Waals surface area contributed by atoms with Crippen molar-refractivity contribution in [2.75, 3.05) is 0 Å². The molecule has 0 saturated heterocycles. The molecule has 0 heterocycles. The minimum atomic E-state index is -0.826. The first-order chi connectivity index (χ1) is 24.5. The predicted octanol–water partition coefficient (Wildman–Crippen LogP) is 15.6. The molecule has 4 heteroatoms. The molecular weight excluding hydrogens is 755 g/mol. The zero-order valence-corrected chi connectivity index (χ0v) is 37.0. The molecule has 1 aliphatic rings. The fraction of sp³-hybridized carbons (Fsp3) is 0.362. The molecule has 1 saturated carbocycles. The van der Waals surface area contributed by atoms with Gasteiger partial charge in [-0.05, 0) is 58.8 Å². The van der Waals surface area contributed by atoms with Crippen molar-refractivity contribution < 1.29 is 20.8 Å². The molecular formula is C47H56Cl2SiZr. The molecule has 2 radical (unpaired) electrons. The molecule has 6 aromatic rings. The van der Waals surface area contributed by atoms with Crippen molar-refractivity contribution in [3.8, 4) is 22.3 Å². The van der Waals surface area contributed by atoms with E-state index in [4.69, 9.17) is 17.0 Å². The third kappa shape index (κ3) is 11.4. The van der Waals surface area contributed by atoms with Gasteiger partial charge in [-0.2, -0.15) is 12.1 Å². The molecule has 0 amide bonds. The summed E-state index contributed by atoms with van der Waals surface area (Å²) in [4.78, 5) is 0. The van der Waals surface area contributed by atoms with Crippen molar-refractivity contribution in [1.29, 1.82) is 0 Å². The molecule has 0 atom stereocenters. The number of fused-ring (bicyclic) bond motifs is 2. The number of aryl methyl sites for hydroxylation is 1. The van der Waals surface area contributed by atoms with Gasteiger partial charge in [-0.3, -0.25) is 0 Å². The second-order valence-corrected chi connectivity index (χ2v) is 19.9. The third-order valence-corrected chi connectivity index (χ3v) is 10.0. The van der Waals surface area contributed by atoms with Gasteiger partial charge in [0.1, 0.15) is 0 Å². The first-order valence-electron chi connectivity index (χ1n) is 18.7. The van der Waals surface area contributed by atoms with Gasteiger partial charge in [0.05, 0.1) is 0 Å². The predicted molar refractivity (Wildman–Crippen MR) is 227 cm³/mol. The number of rotatable bonds is 5. The summed E-state index contributed by atoms with van der Waals surface area (Å²) in [6.45, 7) is 17.8. The van der Waals surface area contributed by atoms with Gasteiger partial charge in [0, 0.05) is 9.52 Å². The molecule has 0 aromatic heterocycles. The van der Waals surface area contributed by atoms with Gasteiger partial charge < -0.3 is 0 Å². The fourth-order valence-electron chi connectivity index (χ4n) is 7.12. The molecule has 51 heavy (non-hydrogen) atoms. The molecule has 0 bridgehead atoms. The molecule has 6 aromatic carbocycles. The maximum atomic E-state index is 4.93. The van der Waals surface area contributed by atoms with E-state index in [1.807, 2.05) is 0 Å². The first kappa shape index (κ1) is 41.5. The van der Waals surface area contributed by atoms with Crippen LogP contribution in [0.5, 0.6) is 0 Å². The van der Waals surface area contributed by atoms with Gasteiger partial charge >= 0.3 is 37.9 Å². The zero-order chi connectivity index (χ0) is 37.0. The Balaban J connectivity index is 0.000000199. The molecule has 0 aliphatic heterocycles. The summed E-state index contributed by atoms with van der Waals surface area (Å²) in [5, 5.41) is 5.49. The minimum absolute atomic E-state index is 0.204. The standard InChI is InChI=1S/C23H25.C22H25.C2H6Si.2ClH.Zr/c1-2-17-15-21-9-6-10-22(23(21)16-17)20-13-11-19(12-14-20)18-7-4-3-5-8-18;1-15(2)18-13-17-7-6-8-20(21(17)14-18)16-9-11-19(12-10-16)22(3,4)5;1-3-2;;;/h6,9-16,18H,2-5,7-8H2,1H3;6-15H,1-5H3;1-2H3;2*1H;/q2*-1;;;;+4/p-2. The first-order valence-corrected chi connectivity index (χ1v) is 27.0. The van der Waals surface area contributed by atoms with Crippen molar-refractivity contribution in [3.63, 3.8) is 0 Å². The summed E-state index contributed by atoms with van der Waals surface area (Å²) in [7, 11) is 11.0. The number of benzene rings is 4. The summed E-state index contributed by atoms with van der Waals surface area (Å²) >= 11 is -0.826. The molecule has 0 N–H and O–H groups in total. The third-order valence-electron chi connectivity index (χ3n) is 10.0. The van der Waals surface area contributed by atoms with E-state index in [-0.39, 0.29) is 5.41 Å². The maximum absolute atomic E-state index is 4.93. The van der Waals surface area contributed by atoms with E-state index >= 15 is 0 Å². The second-order valence-electron chi connectivity index (χ2n) is 15.1. The van der Waals surface area contributed by atoms with Crippen LogP contribution in [0.15, 0.2) is 109 Å². The summed E-state index contributed by atoms with van der Waals surface area (Å²) in [6, 6.07) is 41.1. The Bertz CT molecular complexity index is 1900. The van der Waals surface area contributed by atoms with Crippen LogP contribution in [-0.2, 0) is 32.7 Å². The summed E-state index contributed by atoms with van der Waals surface area (Å²) in [5.41, 5.74) is 11.4. The van der Waals surface area contributed by atoms with E-state index < -0.39 is 20.8 Å². The van der Waals surface area contributed by atoms with Crippen molar-refractivity contribution in [2.45, 2.75) is 110 Å². The monoisotopic (exact) mass is 808 g/mol. The van der Waals surface area contributed by atoms with Crippen LogP contribution < -0.4 is 0 Å². The number of halogens is 2. The topological polar surface area (TPSA) is 0 Å². The Morgan fingerprint density at radius 2 is 1.22 bits per heavy atom. The molecule has 0 spiro atoms. The summed E-state index contributed by atoms with van der Waals surface area (Å²) < 4.78 is 0. The van der Waals surface area contributed by atoms with Crippen LogP contribution in [0.1, 0.15) is 108 Å². The van der Waals surface area contributed by atoms with Gasteiger partial charge in [-0.25, -0.2) is 0 Å². The molecule has 1 aliphatic carbocycles. The Hall–Kier alpha value is -2.22. The van der Waals surface area contributed by atoms with E-state index in [0.29, 0.717) is 5.92 Å². The summed E-state index contributed by atoms with van der Waals surface area (Å²) in [5.74, 6) is 1.36. The van der Waals surface area contributed by atoms with Crippen LogP contribution in [0.2, 0.25) is 13.1 Å². The number of hydrogen-bond donors (Lipinski definition) is 0. The Kier molecular flexibility index (Phi) is 16.5. The van der Waals surface area contributed by atoms with Crippen molar-refractivity contribution >= 4 is 48.1 Å². The molecule has 266 valence electrons. The van der Waals surface area contributed by atoms with Crippen molar-refractivity contribution in [2.24, 2.45) is 0 Å². The second kappa shape index (κ2) is 20.3. The van der Waals surface area contributed by atoms with Crippen LogP contribution in [0.3, 0.4) is 0 Å². The van der Waals surface area contributed by atoms with Crippen molar-refractivity contribution in [1.82, 2.24) is 0 Å². The quantitative estimate of drug-likeness (QED) is 0.120. The van der Waals surface area contributed by atoms with Crippen LogP contribution in [0.4, 0.5) is 0 Å². The van der Waals surface area contributed by atoms with Crippen LogP contribution in [0, 0.1) is 0 Å². The molecule has 7 rings (SSSR count). The van der Waals surface area contributed by atoms with E-state index in [2.05, 4.69) is 164 Å². The van der Waals surface area contributed by atoms with Crippen LogP contribution in [-0.4, -0.2) is 9.52 Å². The van der Waals surface area contributed by atoms with E-state index in [0.717, 1.165) is 21.9 Å². The Labute approximate surface area is 330 Å². The zero-order valence-electron chi connectivity index (χ0n) is 32.0. The van der Waals surface area contributed by atoms with Gasteiger partial charge in [-0.1, -0.05) is 146 Å². The van der Waals surface area contributed by atoms with Crippen molar-refractivity contribution in [3.05, 3.63) is 131 Å². The fourth-order valence-corrected chi connectivity index (χ4v) is 7.12. The van der Waals surface area contributed by atoms with Crippen LogP contribution in [0.25, 0.3) is 43.8 Å². The Morgan fingerprint density at radius 1 is 0.725 bits per heavy atom.